The van der Waals surface area contributed by atoms with Crippen LogP contribution in [-0.2, 0) is 0 Å². The standard InChI is InChI=1S/C11H10N4.C2H6/c1-7-14-6-10(15-7)8-2-4-12-11-9(8)3-5-13-11;1-2/h2-6H,1H3,(H,12,13)(H,14,15);1-2H3. The molecule has 0 saturated carbocycles. The van der Waals surface area contributed by atoms with E-state index in [0.717, 1.165) is 28.1 Å². The van der Waals surface area contributed by atoms with E-state index in [0.29, 0.717) is 0 Å². The summed E-state index contributed by atoms with van der Waals surface area (Å²) in [6.45, 7) is 5.94. The van der Waals surface area contributed by atoms with Crippen molar-refractivity contribution >= 4 is 11.0 Å². The zero-order chi connectivity index (χ0) is 12.3. The van der Waals surface area contributed by atoms with Crippen LogP contribution in [0.1, 0.15) is 19.7 Å². The van der Waals surface area contributed by atoms with E-state index in [-0.39, 0.29) is 0 Å². The van der Waals surface area contributed by atoms with Crippen LogP contribution in [0, 0.1) is 6.92 Å². The van der Waals surface area contributed by atoms with E-state index in [2.05, 4.69) is 19.9 Å². The van der Waals surface area contributed by atoms with Crippen LogP contribution < -0.4 is 0 Å². The van der Waals surface area contributed by atoms with Crippen LogP contribution in [0.25, 0.3) is 22.3 Å². The average molecular weight is 228 g/mol. The Bertz CT molecular complexity index is 606. The van der Waals surface area contributed by atoms with Gasteiger partial charge in [-0.25, -0.2) is 9.97 Å². The number of nitrogens with one attached hydrogen (secondary N) is 2. The lowest BCUT2D eigenvalue weighted by Crippen LogP contribution is -1.82. The van der Waals surface area contributed by atoms with Crippen molar-refractivity contribution in [1.29, 1.82) is 0 Å². The van der Waals surface area contributed by atoms with Gasteiger partial charge in [0.25, 0.3) is 0 Å². The van der Waals surface area contributed by atoms with E-state index in [4.69, 9.17) is 0 Å². The minimum Gasteiger partial charge on any atom is -0.346 e. The fourth-order valence-electron chi connectivity index (χ4n) is 1.75. The molecular formula is C13H16N4. The van der Waals surface area contributed by atoms with Gasteiger partial charge in [0.1, 0.15) is 11.5 Å². The molecule has 0 unspecified atom stereocenters. The van der Waals surface area contributed by atoms with Crippen molar-refractivity contribution in [3.8, 4) is 11.3 Å². The van der Waals surface area contributed by atoms with E-state index >= 15 is 0 Å². The molecule has 3 aromatic rings. The van der Waals surface area contributed by atoms with Crippen molar-refractivity contribution in [1.82, 2.24) is 19.9 Å². The fraction of sp³-hybridized carbons (Fsp3) is 0.231. The van der Waals surface area contributed by atoms with Crippen molar-refractivity contribution in [3.63, 3.8) is 0 Å². The number of hydrogen-bond acceptors (Lipinski definition) is 2. The molecule has 4 heteroatoms. The molecule has 3 rings (SSSR count). The number of fused-ring (bicyclic) bond motifs is 1. The average Bonchev–Trinajstić information content (AvgIpc) is 2.99. The number of imidazole rings is 1. The zero-order valence-corrected chi connectivity index (χ0v) is 10.3. The number of nitrogens with zero attached hydrogens (tertiary/aromatic N) is 2. The Morgan fingerprint density at radius 2 is 1.94 bits per heavy atom. The Morgan fingerprint density at radius 3 is 2.65 bits per heavy atom. The fourth-order valence-corrected chi connectivity index (χ4v) is 1.75. The third-order valence-corrected chi connectivity index (χ3v) is 2.45. The molecule has 0 fully saturated rings. The SMILES string of the molecule is CC.Cc1ncc(-c2ccnc3[nH]ccc23)[nH]1. The monoisotopic (exact) mass is 228 g/mol. The molecule has 0 spiro atoms. The third kappa shape index (κ3) is 2.06. The molecule has 0 radical (unpaired) electrons. The van der Waals surface area contributed by atoms with Gasteiger partial charge in [-0.05, 0) is 19.1 Å². The summed E-state index contributed by atoms with van der Waals surface area (Å²) in [4.78, 5) is 14.8. The molecule has 0 aliphatic heterocycles. The molecule has 2 N–H and O–H groups in total. The number of aromatic amines is 2. The smallest absolute Gasteiger partial charge is 0.137 e. The third-order valence-electron chi connectivity index (χ3n) is 2.45. The second-order valence-corrected chi connectivity index (χ2v) is 3.48. The van der Waals surface area contributed by atoms with Crippen LogP contribution in [0.4, 0.5) is 0 Å². The predicted octanol–water partition coefficient (Wildman–Crippen LogP) is 3.29. The molecule has 0 bridgehead atoms. The molecule has 3 heterocycles. The molecule has 4 nitrogen and oxygen atoms in total. The van der Waals surface area contributed by atoms with Gasteiger partial charge in [0.05, 0.1) is 11.9 Å². The van der Waals surface area contributed by atoms with Crippen molar-refractivity contribution in [2.75, 3.05) is 0 Å². The minimum atomic E-state index is 0.903. The van der Waals surface area contributed by atoms with Crippen molar-refractivity contribution in [2.24, 2.45) is 0 Å². The number of rotatable bonds is 1. The van der Waals surface area contributed by atoms with Crippen LogP contribution >= 0.6 is 0 Å². The van der Waals surface area contributed by atoms with Crippen LogP contribution in [0.2, 0.25) is 0 Å². The predicted molar refractivity (Wildman–Crippen MR) is 69.8 cm³/mol. The highest BCUT2D eigenvalue weighted by molar-refractivity contribution is 5.91. The molecular weight excluding hydrogens is 212 g/mol. The van der Waals surface area contributed by atoms with Gasteiger partial charge in [-0.2, -0.15) is 0 Å². The maximum Gasteiger partial charge on any atom is 0.137 e. The lowest BCUT2D eigenvalue weighted by atomic mass is 10.1. The van der Waals surface area contributed by atoms with Crippen molar-refractivity contribution in [2.45, 2.75) is 20.8 Å². The highest BCUT2D eigenvalue weighted by Crippen LogP contribution is 2.24. The number of aryl methyl sites for hydroxylation is 1. The summed E-state index contributed by atoms with van der Waals surface area (Å²) >= 11 is 0. The first kappa shape index (κ1) is 11.4. The van der Waals surface area contributed by atoms with E-state index in [1.165, 1.54) is 0 Å². The van der Waals surface area contributed by atoms with E-state index in [9.17, 15) is 0 Å². The zero-order valence-electron chi connectivity index (χ0n) is 10.3. The Kier molecular flexibility index (Phi) is 3.23. The highest BCUT2D eigenvalue weighted by Gasteiger charge is 2.06. The van der Waals surface area contributed by atoms with Gasteiger partial charge in [-0.1, -0.05) is 13.8 Å². The molecule has 0 aromatic carbocycles. The van der Waals surface area contributed by atoms with Crippen LogP contribution in [0.15, 0.2) is 30.7 Å². The lowest BCUT2D eigenvalue weighted by molar-refractivity contribution is 1.15. The first-order valence-electron chi connectivity index (χ1n) is 5.78. The van der Waals surface area contributed by atoms with Gasteiger partial charge in [-0.3, -0.25) is 0 Å². The van der Waals surface area contributed by atoms with Gasteiger partial charge in [0.2, 0.25) is 0 Å². The number of H-pyrrole nitrogens is 2. The highest BCUT2D eigenvalue weighted by atomic mass is 14.9. The second kappa shape index (κ2) is 4.82. The second-order valence-electron chi connectivity index (χ2n) is 3.48. The van der Waals surface area contributed by atoms with Crippen molar-refractivity contribution in [3.05, 3.63) is 36.5 Å². The Morgan fingerprint density at radius 1 is 1.12 bits per heavy atom. The Hall–Kier alpha value is -2.10. The summed E-state index contributed by atoms with van der Waals surface area (Å²) in [6.07, 6.45) is 5.53. The molecule has 0 aliphatic rings. The number of hydrogen-bond donors (Lipinski definition) is 2. The quantitative estimate of drug-likeness (QED) is 0.671. The lowest BCUT2D eigenvalue weighted by Gasteiger charge is -1.98. The summed E-state index contributed by atoms with van der Waals surface area (Å²) < 4.78 is 0. The Labute approximate surface area is 100 Å². The summed E-state index contributed by atoms with van der Waals surface area (Å²) in [5.74, 6) is 0.922. The van der Waals surface area contributed by atoms with Gasteiger partial charge in [0, 0.05) is 23.3 Å². The molecule has 0 saturated heterocycles. The van der Waals surface area contributed by atoms with E-state index in [1.54, 1.807) is 6.20 Å². The van der Waals surface area contributed by atoms with Crippen molar-refractivity contribution < 1.29 is 0 Å². The van der Waals surface area contributed by atoms with Crippen LogP contribution in [0.5, 0.6) is 0 Å². The number of aromatic nitrogens is 4. The maximum absolute atomic E-state index is 4.24. The van der Waals surface area contributed by atoms with Gasteiger partial charge in [-0.15, -0.1) is 0 Å². The molecule has 0 aliphatic carbocycles. The maximum atomic E-state index is 4.24. The summed E-state index contributed by atoms with van der Waals surface area (Å²) in [5, 5.41) is 1.11. The minimum absolute atomic E-state index is 0.903. The van der Waals surface area contributed by atoms with Gasteiger partial charge < -0.3 is 9.97 Å². The molecule has 0 amide bonds. The first-order chi connectivity index (χ1) is 8.34. The summed E-state index contributed by atoms with van der Waals surface area (Å²) in [7, 11) is 0. The molecule has 17 heavy (non-hydrogen) atoms. The topological polar surface area (TPSA) is 57.4 Å². The summed E-state index contributed by atoms with van der Waals surface area (Å²) in [6, 6.07) is 4.01. The van der Waals surface area contributed by atoms with Gasteiger partial charge >= 0.3 is 0 Å². The largest absolute Gasteiger partial charge is 0.346 e. The Balaban J connectivity index is 0.000000514. The molecule has 88 valence electrons. The van der Waals surface area contributed by atoms with Gasteiger partial charge in [0.15, 0.2) is 0 Å². The van der Waals surface area contributed by atoms with Crippen LogP contribution in [0.3, 0.4) is 0 Å². The molecule has 0 atom stereocenters. The first-order valence-corrected chi connectivity index (χ1v) is 5.78. The number of pyridine rings is 1. The normalized spacial score (nSPS) is 10.1. The van der Waals surface area contributed by atoms with E-state index < -0.39 is 0 Å². The summed E-state index contributed by atoms with van der Waals surface area (Å²) in [5.41, 5.74) is 3.06. The van der Waals surface area contributed by atoms with E-state index in [1.807, 2.05) is 45.3 Å². The van der Waals surface area contributed by atoms with Crippen LogP contribution in [-0.4, -0.2) is 19.9 Å². The molecule has 3 aromatic heterocycles.